The molecule has 0 unspecified atom stereocenters. The average molecular weight is 661 g/mol. The van der Waals surface area contributed by atoms with Crippen LogP contribution in [0.5, 0.6) is 11.5 Å². The molecule has 0 fully saturated rings. The van der Waals surface area contributed by atoms with Crippen molar-refractivity contribution >= 4 is 57.2 Å². The minimum atomic E-state index is -0.615. The van der Waals surface area contributed by atoms with Gasteiger partial charge >= 0.3 is 0 Å². The second-order valence-electron chi connectivity index (χ2n) is 12.0. The summed E-state index contributed by atoms with van der Waals surface area (Å²) in [6, 6.07) is 33.9. The van der Waals surface area contributed by atoms with E-state index in [-0.39, 0.29) is 69.0 Å². The van der Waals surface area contributed by atoms with E-state index in [9.17, 15) is 29.4 Å². The van der Waals surface area contributed by atoms with E-state index in [0.717, 1.165) is 21.2 Å². The van der Waals surface area contributed by atoms with Gasteiger partial charge in [0.05, 0.1) is 11.4 Å². The van der Waals surface area contributed by atoms with Crippen LogP contribution in [0.2, 0.25) is 0 Å². The zero-order valence-electron chi connectivity index (χ0n) is 26.4. The van der Waals surface area contributed by atoms with Crippen LogP contribution in [0, 0.1) is 0 Å². The maximum Gasteiger partial charge on any atom is 0.265 e. The highest BCUT2D eigenvalue weighted by Crippen LogP contribution is 2.41. The number of hydrogen-bond acceptors (Lipinski definition) is 8. The third-order valence-corrected chi connectivity index (χ3v) is 9.05. The van der Waals surface area contributed by atoms with Crippen molar-refractivity contribution in [2.45, 2.75) is 13.1 Å². The molecule has 0 aromatic heterocycles. The van der Waals surface area contributed by atoms with Crippen LogP contribution in [0.25, 0.3) is 10.8 Å². The molecule has 10 heteroatoms. The zero-order valence-corrected chi connectivity index (χ0v) is 26.4. The molecule has 6 aromatic carbocycles. The lowest BCUT2D eigenvalue weighted by molar-refractivity contribution is 0.0873. The number of phenols is 2. The van der Waals surface area contributed by atoms with Crippen molar-refractivity contribution in [3.8, 4) is 11.5 Å². The Bertz CT molecular complexity index is 2160. The van der Waals surface area contributed by atoms with Crippen LogP contribution in [0.3, 0.4) is 0 Å². The zero-order chi connectivity index (χ0) is 34.5. The Kier molecular flexibility index (Phi) is 7.26. The quantitative estimate of drug-likeness (QED) is 0.127. The lowest BCUT2D eigenvalue weighted by Gasteiger charge is -2.32. The predicted octanol–water partition coefficient (Wildman–Crippen LogP) is 7.08. The van der Waals surface area contributed by atoms with Gasteiger partial charge in [-0.1, -0.05) is 36.4 Å². The fraction of sp³-hybridized carbons (Fsp3) is 0.0500. The molecule has 0 aliphatic carbocycles. The first-order valence-corrected chi connectivity index (χ1v) is 15.9. The molecule has 50 heavy (non-hydrogen) atoms. The summed E-state index contributed by atoms with van der Waals surface area (Å²) in [7, 11) is 0. The van der Waals surface area contributed by atoms with Gasteiger partial charge in [0.1, 0.15) is 11.5 Å². The van der Waals surface area contributed by atoms with Crippen molar-refractivity contribution in [2.24, 2.45) is 0 Å². The molecule has 2 heterocycles. The fourth-order valence-electron chi connectivity index (χ4n) is 6.56. The van der Waals surface area contributed by atoms with Gasteiger partial charge in [-0.15, -0.1) is 0 Å². The number of nitrogens with zero attached hydrogens (tertiary/aromatic N) is 2. The van der Waals surface area contributed by atoms with Gasteiger partial charge in [-0.2, -0.15) is 0 Å². The van der Waals surface area contributed by atoms with E-state index in [2.05, 4.69) is 10.6 Å². The van der Waals surface area contributed by atoms with E-state index in [1.54, 1.807) is 12.1 Å². The molecule has 0 saturated heterocycles. The van der Waals surface area contributed by atoms with Crippen molar-refractivity contribution in [1.82, 2.24) is 0 Å². The summed E-state index contributed by atoms with van der Waals surface area (Å²) >= 11 is 0. The minimum Gasteiger partial charge on any atom is -0.508 e. The second kappa shape index (κ2) is 11.9. The molecule has 0 radical (unpaired) electrons. The standard InChI is InChI=1S/C40H28N4O6/c45-33-17-11-27(19-23(33)21-41-25-7-3-1-4-8-25)43-37(47)29-13-15-31-36-32(16-14-30(35(29)36)38(43)48)40(50)44(39(31)49)28-12-18-34(46)24(20-28)22-42-26-9-5-2-6-10-26/h1-20,41-42,45-46H,21-22H2. The Morgan fingerprint density at radius 2 is 0.780 bits per heavy atom. The topological polar surface area (TPSA) is 139 Å². The Morgan fingerprint density at radius 1 is 0.440 bits per heavy atom. The van der Waals surface area contributed by atoms with Gasteiger partial charge in [-0.3, -0.25) is 19.2 Å². The van der Waals surface area contributed by atoms with E-state index in [1.807, 2.05) is 60.7 Å². The van der Waals surface area contributed by atoms with Crippen molar-refractivity contribution < 1.29 is 29.4 Å². The van der Waals surface area contributed by atoms with Gasteiger partial charge in [0, 0.05) is 68.6 Å². The number of anilines is 4. The Balaban J connectivity index is 1.13. The third kappa shape index (κ3) is 4.98. The lowest BCUT2D eigenvalue weighted by Crippen LogP contribution is -2.43. The molecule has 6 aromatic rings. The fourth-order valence-corrected chi connectivity index (χ4v) is 6.56. The van der Waals surface area contributed by atoms with E-state index >= 15 is 0 Å². The van der Waals surface area contributed by atoms with Gasteiger partial charge in [-0.25, -0.2) is 9.80 Å². The number of benzene rings is 6. The molecule has 2 aliphatic heterocycles. The molecule has 0 saturated carbocycles. The summed E-state index contributed by atoms with van der Waals surface area (Å²) in [6.07, 6.45) is 0. The lowest BCUT2D eigenvalue weighted by atomic mass is 9.85. The number of amides is 4. The summed E-state index contributed by atoms with van der Waals surface area (Å²) in [4.78, 5) is 58.2. The number of carbonyl (C=O) groups excluding carboxylic acids is 4. The molecule has 0 spiro atoms. The number of imide groups is 2. The van der Waals surface area contributed by atoms with Gasteiger partial charge in [0.15, 0.2) is 0 Å². The second-order valence-corrected chi connectivity index (χ2v) is 12.0. The van der Waals surface area contributed by atoms with Crippen LogP contribution >= 0.6 is 0 Å². The van der Waals surface area contributed by atoms with Crippen molar-refractivity contribution in [2.75, 3.05) is 20.4 Å². The molecule has 0 bridgehead atoms. The molecule has 244 valence electrons. The molecule has 4 amide bonds. The Hall–Kier alpha value is -6.94. The van der Waals surface area contributed by atoms with E-state index in [0.29, 0.717) is 11.1 Å². The van der Waals surface area contributed by atoms with Gasteiger partial charge < -0.3 is 20.8 Å². The number of phenolic OH excluding ortho intramolecular Hbond substituents is 2. The van der Waals surface area contributed by atoms with E-state index < -0.39 is 23.6 Å². The molecule has 10 nitrogen and oxygen atoms in total. The van der Waals surface area contributed by atoms with Crippen molar-refractivity contribution in [3.05, 3.63) is 155 Å². The Labute approximate surface area is 285 Å². The average Bonchev–Trinajstić information content (AvgIpc) is 3.14. The molecule has 4 N–H and O–H groups in total. The monoisotopic (exact) mass is 660 g/mol. The van der Waals surface area contributed by atoms with Crippen LogP contribution in [-0.2, 0) is 13.1 Å². The van der Waals surface area contributed by atoms with Gasteiger partial charge in [-0.05, 0) is 84.9 Å². The molecule has 2 aliphatic rings. The molecule has 0 atom stereocenters. The predicted molar refractivity (Wildman–Crippen MR) is 190 cm³/mol. The first kappa shape index (κ1) is 30.4. The van der Waals surface area contributed by atoms with Crippen LogP contribution in [0.15, 0.2) is 121 Å². The summed E-state index contributed by atoms with van der Waals surface area (Å²) in [5.41, 5.74) is 3.86. The molecular weight excluding hydrogens is 632 g/mol. The summed E-state index contributed by atoms with van der Waals surface area (Å²) in [5, 5.41) is 28.1. The Morgan fingerprint density at radius 3 is 1.12 bits per heavy atom. The summed E-state index contributed by atoms with van der Waals surface area (Å²) in [5.74, 6) is -2.46. The molecule has 8 rings (SSSR count). The third-order valence-electron chi connectivity index (χ3n) is 9.05. The van der Waals surface area contributed by atoms with Gasteiger partial charge in [0.25, 0.3) is 23.6 Å². The summed E-state index contributed by atoms with van der Waals surface area (Å²) < 4.78 is 0. The van der Waals surface area contributed by atoms with E-state index in [1.165, 1.54) is 48.5 Å². The molecular formula is C40H28N4O6. The largest absolute Gasteiger partial charge is 0.508 e. The SMILES string of the molecule is O=C1c2ccc3c4c(ccc(c24)C(=O)N1c1ccc(O)c(CNc2ccccc2)c1)C(=O)N(c1ccc(O)c(CNc2ccccc2)c1)C3=O. The highest BCUT2D eigenvalue weighted by molar-refractivity contribution is 6.42. The highest BCUT2D eigenvalue weighted by Gasteiger charge is 2.41. The van der Waals surface area contributed by atoms with Crippen molar-refractivity contribution in [1.29, 1.82) is 0 Å². The number of carbonyl (C=O) groups is 4. The first-order valence-electron chi connectivity index (χ1n) is 15.9. The highest BCUT2D eigenvalue weighted by atomic mass is 16.3. The van der Waals surface area contributed by atoms with Crippen LogP contribution in [-0.4, -0.2) is 33.8 Å². The first-order chi connectivity index (χ1) is 24.3. The maximum atomic E-state index is 14.0. The number of nitrogens with one attached hydrogen (secondary N) is 2. The maximum absolute atomic E-state index is 14.0. The minimum absolute atomic E-state index is 0.00259. The van der Waals surface area contributed by atoms with Crippen LogP contribution in [0.1, 0.15) is 52.6 Å². The number of para-hydroxylation sites is 2. The number of rotatable bonds is 8. The van der Waals surface area contributed by atoms with Crippen molar-refractivity contribution in [3.63, 3.8) is 0 Å². The summed E-state index contributed by atoms with van der Waals surface area (Å²) in [6.45, 7) is 0.483. The number of aromatic hydroxyl groups is 2. The van der Waals surface area contributed by atoms with Crippen LogP contribution < -0.4 is 20.4 Å². The normalized spacial score (nSPS) is 13.6. The van der Waals surface area contributed by atoms with E-state index in [4.69, 9.17) is 0 Å². The number of hydrogen-bond donors (Lipinski definition) is 4. The van der Waals surface area contributed by atoms with Crippen LogP contribution in [0.4, 0.5) is 22.7 Å². The smallest absolute Gasteiger partial charge is 0.265 e. The van der Waals surface area contributed by atoms with Gasteiger partial charge in [0.2, 0.25) is 0 Å².